The Morgan fingerprint density at radius 1 is 0.605 bits per heavy atom. The normalized spacial score (nSPS) is 14.3. The smallest absolute Gasteiger partial charge is 0.266 e. The summed E-state index contributed by atoms with van der Waals surface area (Å²) in [5.74, 6) is -1.46. The fourth-order valence-corrected chi connectivity index (χ4v) is 6.27. The molecular weight excluding hydrogens is 562 g/mol. The fraction of sp³-hybridized carbons (Fsp3) is 0.914. The number of rotatable bonds is 32. The maximum atomic E-state index is 12.5. The molecular formula is C35H69NO6S. The van der Waals surface area contributed by atoms with Crippen LogP contribution in [0.5, 0.6) is 0 Å². The predicted molar refractivity (Wildman–Crippen MR) is 181 cm³/mol. The molecule has 0 rings (SSSR count). The van der Waals surface area contributed by atoms with E-state index in [-0.39, 0.29) is 0 Å². The molecule has 1 amide bonds. The monoisotopic (exact) mass is 631 g/mol. The number of aliphatic hydroxyl groups excluding tert-OH is 2. The molecule has 8 heteroatoms. The second kappa shape index (κ2) is 29.7. The van der Waals surface area contributed by atoms with Crippen molar-refractivity contribution in [3.63, 3.8) is 0 Å². The highest BCUT2D eigenvalue weighted by Crippen LogP contribution is 2.15. The topological polar surface area (TPSA) is 124 Å². The fourth-order valence-electron chi connectivity index (χ4n) is 5.51. The van der Waals surface area contributed by atoms with Gasteiger partial charge in [0.25, 0.3) is 10.1 Å². The van der Waals surface area contributed by atoms with Crippen LogP contribution in [0.1, 0.15) is 181 Å². The molecule has 0 aliphatic rings. The summed E-state index contributed by atoms with van der Waals surface area (Å²) < 4.78 is 32.3. The summed E-state index contributed by atoms with van der Waals surface area (Å²) in [5, 5.41) is 23.4. The maximum Gasteiger partial charge on any atom is 0.266 e. The molecule has 43 heavy (non-hydrogen) atoms. The molecule has 0 aromatic rings. The van der Waals surface area contributed by atoms with E-state index in [1.807, 2.05) is 0 Å². The Morgan fingerprint density at radius 3 is 1.40 bits per heavy atom. The molecule has 0 aromatic carbocycles. The van der Waals surface area contributed by atoms with E-state index in [9.17, 15) is 28.0 Å². The molecule has 3 unspecified atom stereocenters. The highest BCUT2D eigenvalue weighted by Gasteiger charge is 2.28. The minimum atomic E-state index is -4.40. The Labute approximate surface area is 265 Å². The first-order chi connectivity index (χ1) is 20.7. The summed E-state index contributed by atoms with van der Waals surface area (Å²) in [4.78, 5) is 12.5. The Bertz CT molecular complexity index is 757. The molecule has 3 atom stereocenters. The molecule has 256 valence electrons. The quantitative estimate of drug-likeness (QED) is 0.0334. The zero-order chi connectivity index (χ0) is 32.0. The molecule has 0 spiro atoms. The van der Waals surface area contributed by atoms with E-state index >= 15 is 0 Å². The lowest BCUT2D eigenvalue weighted by Gasteiger charge is -2.24. The van der Waals surface area contributed by atoms with Crippen molar-refractivity contribution in [3.05, 3.63) is 12.2 Å². The van der Waals surface area contributed by atoms with Crippen LogP contribution in [0.4, 0.5) is 0 Å². The molecule has 4 N–H and O–H groups in total. The predicted octanol–water partition coefficient (Wildman–Crippen LogP) is 8.82. The highest BCUT2D eigenvalue weighted by atomic mass is 32.2. The summed E-state index contributed by atoms with van der Waals surface area (Å²) in [7, 11) is -4.40. The van der Waals surface area contributed by atoms with Crippen molar-refractivity contribution >= 4 is 16.0 Å². The van der Waals surface area contributed by atoms with Crippen LogP contribution in [0.3, 0.4) is 0 Å². The number of allylic oxidation sites excluding steroid dienone is 2. The third-order valence-electron chi connectivity index (χ3n) is 8.33. The van der Waals surface area contributed by atoms with Gasteiger partial charge in [0.15, 0.2) is 0 Å². The van der Waals surface area contributed by atoms with Gasteiger partial charge >= 0.3 is 0 Å². The minimum Gasteiger partial charge on any atom is -0.391 e. The molecule has 0 radical (unpaired) electrons. The average Bonchev–Trinajstić information content (AvgIpc) is 2.96. The van der Waals surface area contributed by atoms with Crippen molar-refractivity contribution in [2.75, 3.05) is 5.75 Å². The number of aliphatic hydroxyl groups is 2. The molecule has 0 saturated carbocycles. The number of amides is 1. The number of carbonyl (C=O) groups excluding carboxylic acids is 1. The van der Waals surface area contributed by atoms with Crippen molar-refractivity contribution in [1.82, 2.24) is 5.32 Å². The van der Waals surface area contributed by atoms with Gasteiger partial charge in [-0.2, -0.15) is 8.42 Å². The van der Waals surface area contributed by atoms with Crippen LogP contribution in [0.2, 0.25) is 0 Å². The largest absolute Gasteiger partial charge is 0.391 e. The van der Waals surface area contributed by atoms with E-state index in [0.717, 1.165) is 44.9 Å². The van der Waals surface area contributed by atoms with Gasteiger partial charge in [-0.15, -0.1) is 0 Å². The van der Waals surface area contributed by atoms with Crippen molar-refractivity contribution in [1.29, 1.82) is 0 Å². The maximum absolute atomic E-state index is 12.5. The standard InChI is InChI=1S/C35H69NO6S/c1-3-5-7-9-11-13-15-16-17-18-19-20-22-24-26-28-30-34(38)35(39)36-32(31-43(40,41)42)33(37)29-27-25-23-21-14-12-10-8-6-4-2/h16-17,32-34,37-38H,3-15,18-31H2,1-2H3,(H,36,39)(H,40,41,42)/b17-16-. The van der Waals surface area contributed by atoms with Crippen LogP contribution >= 0.6 is 0 Å². The lowest BCUT2D eigenvalue weighted by Crippen LogP contribution is -2.50. The van der Waals surface area contributed by atoms with E-state index < -0.39 is 40.0 Å². The van der Waals surface area contributed by atoms with Crippen LogP contribution in [0.15, 0.2) is 12.2 Å². The van der Waals surface area contributed by atoms with Gasteiger partial charge in [-0.1, -0.05) is 154 Å². The van der Waals surface area contributed by atoms with E-state index in [1.54, 1.807) is 0 Å². The molecule has 0 aliphatic heterocycles. The van der Waals surface area contributed by atoms with Gasteiger partial charge in [0.2, 0.25) is 5.91 Å². The molecule has 0 aromatic heterocycles. The summed E-state index contributed by atoms with van der Waals surface area (Å²) in [6.07, 6.45) is 30.9. The number of carbonyl (C=O) groups is 1. The van der Waals surface area contributed by atoms with Gasteiger partial charge in [-0.3, -0.25) is 9.35 Å². The van der Waals surface area contributed by atoms with E-state index in [0.29, 0.717) is 25.7 Å². The van der Waals surface area contributed by atoms with Crippen molar-refractivity contribution in [3.8, 4) is 0 Å². The number of unbranched alkanes of at least 4 members (excludes halogenated alkanes) is 21. The third kappa shape index (κ3) is 29.5. The van der Waals surface area contributed by atoms with Crippen LogP contribution in [0, 0.1) is 0 Å². The van der Waals surface area contributed by atoms with Crippen LogP contribution in [0.25, 0.3) is 0 Å². The van der Waals surface area contributed by atoms with Gasteiger partial charge in [0.1, 0.15) is 6.10 Å². The second-order valence-corrected chi connectivity index (χ2v) is 14.1. The minimum absolute atomic E-state index is 0.292. The molecule has 0 fully saturated rings. The Morgan fingerprint density at radius 2 is 0.977 bits per heavy atom. The Hall–Kier alpha value is -0.960. The van der Waals surface area contributed by atoms with Crippen molar-refractivity contribution in [2.45, 2.75) is 199 Å². The first kappa shape index (κ1) is 42.0. The van der Waals surface area contributed by atoms with Gasteiger partial charge in [0.05, 0.1) is 17.9 Å². The van der Waals surface area contributed by atoms with Crippen molar-refractivity contribution < 1.29 is 28.0 Å². The summed E-state index contributed by atoms with van der Waals surface area (Å²) >= 11 is 0. The Balaban J connectivity index is 4.04. The first-order valence-electron chi connectivity index (χ1n) is 18.0. The van der Waals surface area contributed by atoms with Gasteiger partial charge in [0, 0.05) is 0 Å². The highest BCUT2D eigenvalue weighted by molar-refractivity contribution is 7.85. The van der Waals surface area contributed by atoms with Gasteiger partial charge < -0.3 is 15.5 Å². The molecule has 0 saturated heterocycles. The van der Waals surface area contributed by atoms with Crippen LogP contribution < -0.4 is 5.32 Å². The van der Waals surface area contributed by atoms with E-state index in [4.69, 9.17) is 0 Å². The van der Waals surface area contributed by atoms with Gasteiger partial charge in [-0.05, 0) is 38.5 Å². The zero-order valence-corrected chi connectivity index (χ0v) is 28.8. The van der Waals surface area contributed by atoms with Crippen molar-refractivity contribution in [2.24, 2.45) is 0 Å². The summed E-state index contributed by atoms with van der Waals surface area (Å²) in [5.41, 5.74) is 0. The number of hydrogen-bond acceptors (Lipinski definition) is 5. The average molecular weight is 632 g/mol. The second-order valence-electron chi connectivity index (χ2n) is 12.6. The summed E-state index contributed by atoms with van der Waals surface area (Å²) in [6.45, 7) is 4.46. The first-order valence-corrected chi connectivity index (χ1v) is 19.6. The SMILES string of the molecule is CCCCCCCC/C=C\CCCCCCCCC(O)C(=O)NC(CS(=O)(=O)O)C(O)CCCCCCCCCCCC. The lowest BCUT2D eigenvalue weighted by atomic mass is 10.0. The lowest BCUT2D eigenvalue weighted by molar-refractivity contribution is -0.131. The summed E-state index contributed by atoms with van der Waals surface area (Å²) in [6, 6.07) is -1.14. The van der Waals surface area contributed by atoms with Gasteiger partial charge in [-0.25, -0.2) is 0 Å². The van der Waals surface area contributed by atoms with E-state index in [2.05, 4.69) is 31.3 Å². The zero-order valence-electron chi connectivity index (χ0n) is 28.0. The van der Waals surface area contributed by atoms with Crippen LogP contribution in [-0.2, 0) is 14.9 Å². The molecule has 0 aliphatic carbocycles. The third-order valence-corrected chi connectivity index (χ3v) is 9.11. The Kier molecular flexibility index (Phi) is 29.1. The number of hydrogen-bond donors (Lipinski definition) is 4. The molecule has 7 nitrogen and oxygen atoms in total. The molecule has 0 heterocycles. The molecule has 0 bridgehead atoms. The van der Waals surface area contributed by atoms with Crippen LogP contribution in [-0.4, -0.2) is 53.1 Å². The number of nitrogens with one attached hydrogen (secondary N) is 1. The van der Waals surface area contributed by atoms with E-state index in [1.165, 1.54) is 96.3 Å².